The minimum absolute atomic E-state index is 0.0126. The lowest BCUT2D eigenvalue weighted by Crippen LogP contribution is -2.48. The van der Waals surface area contributed by atoms with Crippen LogP contribution in [0.3, 0.4) is 0 Å². The van der Waals surface area contributed by atoms with Gasteiger partial charge in [-0.25, -0.2) is 4.98 Å². The third kappa shape index (κ3) is 6.62. The molecule has 4 heterocycles. The number of rotatable bonds is 9. The standard InChI is InChI=1S/C30H27ClN6O2S2/c31-23-10-12-24(13-11-23)37-28(26-9-5-19-39-26)33-34-30(37)41-21-27-32-25(20-40-27)29(38)36-17-15-35(16-18-36)14-4-8-22-6-2-1-3-7-22/h1-13,19-20H,14-18,21H2/b8-4+. The smallest absolute Gasteiger partial charge is 0.273 e. The fourth-order valence-corrected chi connectivity index (χ4v) is 6.41. The molecule has 11 heteroatoms. The Morgan fingerprint density at radius 1 is 1.00 bits per heavy atom. The minimum Gasteiger partial charge on any atom is -0.461 e. The van der Waals surface area contributed by atoms with Gasteiger partial charge in [-0.1, -0.05) is 65.8 Å². The maximum absolute atomic E-state index is 13.2. The number of halogens is 1. The quantitative estimate of drug-likeness (QED) is 0.181. The second-order valence-corrected chi connectivity index (χ2v) is 11.7. The number of aromatic nitrogens is 4. The van der Waals surface area contributed by atoms with Gasteiger partial charge in [-0.15, -0.1) is 21.5 Å². The molecule has 0 spiro atoms. The molecular formula is C30H27ClN6O2S2. The average Bonchev–Trinajstić information content (AvgIpc) is 3.79. The van der Waals surface area contributed by atoms with Gasteiger partial charge in [0.2, 0.25) is 5.82 Å². The van der Waals surface area contributed by atoms with E-state index in [-0.39, 0.29) is 5.91 Å². The molecule has 5 aromatic rings. The molecule has 0 N–H and O–H groups in total. The summed E-state index contributed by atoms with van der Waals surface area (Å²) >= 11 is 9.11. The second kappa shape index (κ2) is 12.9. The van der Waals surface area contributed by atoms with Gasteiger partial charge in [0, 0.05) is 48.8 Å². The molecule has 0 saturated carbocycles. The monoisotopic (exact) mass is 602 g/mol. The molecule has 3 aromatic heterocycles. The Labute approximate surface area is 251 Å². The first kappa shape index (κ1) is 27.5. The summed E-state index contributed by atoms with van der Waals surface area (Å²) in [4.78, 5) is 22.1. The Kier molecular flexibility index (Phi) is 8.62. The molecule has 0 unspecified atom stereocenters. The molecule has 1 fully saturated rings. The number of carbonyl (C=O) groups excluding carboxylic acids is 1. The number of benzene rings is 2. The van der Waals surface area contributed by atoms with Gasteiger partial charge in [0.05, 0.1) is 12.0 Å². The van der Waals surface area contributed by atoms with Crippen LogP contribution in [0.25, 0.3) is 23.3 Å². The third-order valence-corrected chi connectivity index (χ3v) is 8.91. The average molecular weight is 603 g/mol. The maximum atomic E-state index is 13.2. The topological polar surface area (TPSA) is 80.3 Å². The highest BCUT2D eigenvalue weighted by atomic mass is 35.5. The van der Waals surface area contributed by atoms with Crippen molar-refractivity contribution in [3.63, 3.8) is 0 Å². The van der Waals surface area contributed by atoms with E-state index in [1.54, 1.807) is 6.26 Å². The van der Waals surface area contributed by atoms with Crippen molar-refractivity contribution in [1.29, 1.82) is 0 Å². The number of hydrogen-bond donors (Lipinski definition) is 0. The summed E-state index contributed by atoms with van der Waals surface area (Å²) in [5, 5.41) is 12.9. The molecule has 41 heavy (non-hydrogen) atoms. The number of thioether (sulfide) groups is 1. The zero-order valence-corrected chi connectivity index (χ0v) is 24.5. The molecule has 2 aromatic carbocycles. The van der Waals surface area contributed by atoms with Gasteiger partial charge in [0.25, 0.3) is 5.91 Å². The summed E-state index contributed by atoms with van der Waals surface area (Å²) in [5.74, 6) is 1.77. The molecular weight excluding hydrogens is 576 g/mol. The van der Waals surface area contributed by atoms with Crippen molar-refractivity contribution >= 4 is 46.7 Å². The number of carbonyl (C=O) groups is 1. The molecule has 0 atom stereocenters. The van der Waals surface area contributed by atoms with Crippen molar-refractivity contribution in [2.45, 2.75) is 10.9 Å². The van der Waals surface area contributed by atoms with Crippen molar-refractivity contribution in [3.8, 4) is 17.3 Å². The minimum atomic E-state index is -0.0126. The third-order valence-electron chi connectivity index (χ3n) is 6.69. The summed E-state index contributed by atoms with van der Waals surface area (Å²) < 4.78 is 7.53. The van der Waals surface area contributed by atoms with E-state index in [2.05, 4.69) is 44.4 Å². The number of hydrogen-bond acceptors (Lipinski definition) is 8. The van der Waals surface area contributed by atoms with Crippen LogP contribution >= 0.6 is 34.7 Å². The van der Waals surface area contributed by atoms with Crippen LogP contribution in [-0.2, 0) is 5.75 Å². The van der Waals surface area contributed by atoms with E-state index in [1.165, 1.54) is 28.7 Å². The van der Waals surface area contributed by atoms with E-state index in [4.69, 9.17) is 16.0 Å². The van der Waals surface area contributed by atoms with Gasteiger partial charge in [-0.2, -0.15) is 0 Å². The maximum Gasteiger partial charge on any atom is 0.273 e. The first-order chi connectivity index (χ1) is 20.1. The highest BCUT2D eigenvalue weighted by molar-refractivity contribution is 7.98. The highest BCUT2D eigenvalue weighted by Gasteiger charge is 2.24. The molecule has 208 valence electrons. The predicted molar refractivity (Wildman–Crippen MR) is 164 cm³/mol. The molecule has 1 saturated heterocycles. The first-order valence-electron chi connectivity index (χ1n) is 13.2. The molecule has 0 aliphatic carbocycles. The summed E-state index contributed by atoms with van der Waals surface area (Å²) in [7, 11) is 0. The van der Waals surface area contributed by atoms with Crippen molar-refractivity contribution in [1.82, 2.24) is 29.5 Å². The van der Waals surface area contributed by atoms with E-state index in [0.717, 1.165) is 30.3 Å². The molecule has 0 bridgehead atoms. The molecule has 6 rings (SSSR count). The van der Waals surface area contributed by atoms with E-state index in [0.29, 0.717) is 46.3 Å². The highest BCUT2D eigenvalue weighted by Crippen LogP contribution is 2.31. The van der Waals surface area contributed by atoms with E-state index in [1.807, 2.05) is 69.4 Å². The van der Waals surface area contributed by atoms with E-state index >= 15 is 0 Å². The molecule has 1 aliphatic heterocycles. The van der Waals surface area contributed by atoms with Crippen LogP contribution in [0.5, 0.6) is 0 Å². The van der Waals surface area contributed by atoms with Crippen LogP contribution in [0.4, 0.5) is 0 Å². The normalized spacial score (nSPS) is 14.2. The Morgan fingerprint density at radius 3 is 2.56 bits per heavy atom. The van der Waals surface area contributed by atoms with Crippen LogP contribution in [0.15, 0.2) is 94.0 Å². The second-order valence-electron chi connectivity index (χ2n) is 9.42. The first-order valence-corrected chi connectivity index (χ1v) is 15.4. The largest absolute Gasteiger partial charge is 0.461 e. The summed E-state index contributed by atoms with van der Waals surface area (Å²) in [5.41, 5.74) is 2.57. The summed E-state index contributed by atoms with van der Waals surface area (Å²) in [6.45, 7) is 3.95. The van der Waals surface area contributed by atoms with Crippen molar-refractivity contribution in [2.24, 2.45) is 0 Å². The van der Waals surface area contributed by atoms with Gasteiger partial charge in [0.1, 0.15) is 10.7 Å². The van der Waals surface area contributed by atoms with Gasteiger partial charge >= 0.3 is 0 Å². The number of piperazine rings is 1. The fraction of sp³-hybridized carbons (Fsp3) is 0.200. The number of thiazole rings is 1. The lowest BCUT2D eigenvalue weighted by molar-refractivity contribution is 0.0645. The van der Waals surface area contributed by atoms with Crippen LogP contribution in [0, 0.1) is 0 Å². The van der Waals surface area contributed by atoms with Gasteiger partial charge in [-0.05, 0) is 42.0 Å². The van der Waals surface area contributed by atoms with Crippen molar-refractivity contribution < 1.29 is 9.21 Å². The van der Waals surface area contributed by atoms with Crippen molar-refractivity contribution in [2.75, 3.05) is 32.7 Å². The Balaban J connectivity index is 1.06. The SMILES string of the molecule is O=C(c1csc(CSc2nnc(-c3ccco3)n2-c2ccc(Cl)cc2)n1)N1CCN(C/C=C/c2ccccc2)CC1. The van der Waals surface area contributed by atoms with Crippen LogP contribution in [-0.4, -0.2) is 68.2 Å². The molecule has 8 nitrogen and oxygen atoms in total. The molecule has 0 radical (unpaired) electrons. The lowest BCUT2D eigenvalue weighted by atomic mass is 10.2. The number of furan rings is 1. The van der Waals surface area contributed by atoms with Gasteiger partial charge in [0.15, 0.2) is 10.9 Å². The summed E-state index contributed by atoms with van der Waals surface area (Å²) in [6, 6.07) is 21.5. The predicted octanol–water partition coefficient (Wildman–Crippen LogP) is 6.40. The van der Waals surface area contributed by atoms with E-state index in [9.17, 15) is 4.79 Å². The lowest BCUT2D eigenvalue weighted by Gasteiger charge is -2.33. The van der Waals surface area contributed by atoms with E-state index < -0.39 is 0 Å². The fourth-order valence-electron chi connectivity index (χ4n) is 4.55. The van der Waals surface area contributed by atoms with Crippen LogP contribution in [0.2, 0.25) is 5.02 Å². The van der Waals surface area contributed by atoms with Crippen LogP contribution in [0.1, 0.15) is 21.1 Å². The summed E-state index contributed by atoms with van der Waals surface area (Å²) in [6.07, 6.45) is 5.94. The Hall–Kier alpha value is -3.70. The molecule has 1 aliphatic rings. The number of amides is 1. The zero-order valence-electron chi connectivity index (χ0n) is 22.1. The zero-order chi connectivity index (χ0) is 28.0. The number of nitrogens with zero attached hydrogens (tertiary/aromatic N) is 6. The Bertz CT molecular complexity index is 1610. The molecule has 1 amide bonds. The van der Waals surface area contributed by atoms with Gasteiger partial charge < -0.3 is 9.32 Å². The van der Waals surface area contributed by atoms with Crippen molar-refractivity contribution in [3.05, 3.63) is 106 Å². The Morgan fingerprint density at radius 2 is 1.80 bits per heavy atom. The van der Waals surface area contributed by atoms with Crippen LogP contribution < -0.4 is 0 Å². The van der Waals surface area contributed by atoms with Gasteiger partial charge in [-0.3, -0.25) is 14.3 Å².